The number of hydrogen-bond donors (Lipinski definition) is 1. The van der Waals surface area contributed by atoms with Crippen LogP contribution in [0.2, 0.25) is 0 Å². The minimum Gasteiger partial charge on any atom is -0.338 e. The molecular weight excluding hydrogens is 256 g/mol. The maximum atomic E-state index is 12.3. The first-order valence-corrected chi connectivity index (χ1v) is 7.95. The molecule has 4 heteroatoms. The Labute approximate surface area is 120 Å². The van der Waals surface area contributed by atoms with E-state index in [-0.39, 0.29) is 5.91 Å². The smallest absolute Gasteiger partial charge is 0.223 e. The average molecular weight is 282 g/mol. The minimum atomic E-state index is 0.229. The van der Waals surface area contributed by atoms with E-state index in [9.17, 15) is 4.79 Å². The van der Waals surface area contributed by atoms with Gasteiger partial charge in [-0.25, -0.2) is 0 Å². The summed E-state index contributed by atoms with van der Waals surface area (Å²) in [6.07, 6.45) is 1.60. The number of hydrogen-bond acceptors (Lipinski definition) is 3. The third-order valence-corrected chi connectivity index (χ3v) is 4.12. The zero-order valence-corrected chi connectivity index (χ0v) is 13.1. The molecule has 3 nitrogen and oxygen atoms in total. The van der Waals surface area contributed by atoms with Gasteiger partial charge in [0.2, 0.25) is 5.91 Å². The van der Waals surface area contributed by atoms with Crippen LogP contribution in [-0.2, 0) is 11.3 Å². The topological polar surface area (TPSA) is 46.3 Å². The third-order valence-electron chi connectivity index (χ3n) is 3.26. The van der Waals surface area contributed by atoms with Crippen molar-refractivity contribution in [1.82, 2.24) is 4.90 Å². The Bertz CT molecular complexity index is 362. The Kier molecular flexibility index (Phi) is 7.10. The van der Waals surface area contributed by atoms with Gasteiger partial charge in [-0.3, -0.25) is 4.79 Å². The van der Waals surface area contributed by atoms with Crippen LogP contribution in [0, 0.1) is 11.8 Å². The van der Waals surface area contributed by atoms with Gasteiger partial charge in [0, 0.05) is 17.8 Å². The molecule has 108 valence electrons. The molecule has 1 heterocycles. The van der Waals surface area contributed by atoms with Gasteiger partial charge in [-0.1, -0.05) is 19.9 Å². The Morgan fingerprint density at radius 3 is 2.68 bits per heavy atom. The second-order valence-electron chi connectivity index (χ2n) is 5.42. The second kappa shape index (κ2) is 8.33. The van der Waals surface area contributed by atoms with Crippen molar-refractivity contribution in [2.24, 2.45) is 17.6 Å². The molecule has 0 spiro atoms. The Morgan fingerprint density at radius 2 is 2.21 bits per heavy atom. The predicted molar refractivity (Wildman–Crippen MR) is 82.0 cm³/mol. The van der Waals surface area contributed by atoms with E-state index in [0.717, 1.165) is 19.5 Å². The van der Waals surface area contributed by atoms with E-state index in [1.54, 1.807) is 11.3 Å². The van der Waals surface area contributed by atoms with E-state index in [1.165, 1.54) is 4.88 Å². The molecule has 0 aromatic carbocycles. The van der Waals surface area contributed by atoms with E-state index < -0.39 is 0 Å². The van der Waals surface area contributed by atoms with Gasteiger partial charge in [-0.15, -0.1) is 11.3 Å². The van der Waals surface area contributed by atoms with E-state index in [2.05, 4.69) is 25.3 Å². The Morgan fingerprint density at radius 1 is 1.47 bits per heavy atom. The summed E-state index contributed by atoms with van der Waals surface area (Å²) >= 11 is 1.70. The highest BCUT2D eigenvalue weighted by Crippen LogP contribution is 2.18. The number of nitrogens with two attached hydrogens (primary N) is 1. The van der Waals surface area contributed by atoms with E-state index in [0.29, 0.717) is 24.8 Å². The fourth-order valence-electron chi connectivity index (χ4n) is 2.27. The second-order valence-corrected chi connectivity index (χ2v) is 6.45. The highest BCUT2D eigenvalue weighted by Gasteiger charge is 2.18. The van der Waals surface area contributed by atoms with E-state index in [4.69, 9.17) is 5.73 Å². The molecule has 1 rings (SSSR count). The molecule has 1 atom stereocenters. The van der Waals surface area contributed by atoms with Crippen LogP contribution in [0.4, 0.5) is 0 Å². The zero-order valence-electron chi connectivity index (χ0n) is 12.3. The fraction of sp³-hybridized carbons (Fsp3) is 0.667. The van der Waals surface area contributed by atoms with Crippen LogP contribution in [0.3, 0.4) is 0 Å². The molecule has 0 aliphatic carbocycles. The zero-order chi connectivity index (χ0) is 14.3. The normalized spacial score (nSPS) is 12.7. The molecule has 0 fully saturated rings. The molecule has 0 saturated heterocycles. The largest absolute Gasteiger partial charge is 0.338 e. The maximum Gasteiger partial charge on any atom is 0.223 e. The van der Waals surface area contributed by atoms with Crippen LogP contribution in [0.25, 0.3) is 0 Å². The van der Waals surface area contributed by atoms with Gasteiger partial charge in [0.15, 0.2) is 0 Å². The molecule has 0 aliphatic rings. The summed E-state index contributed by atoms with van der Waals surface area (Å²) in [5, 5.41) is 2.05. The summed E-state index contributed by atoms with van der Waals surface area (Å²) in [4.78, 5) is 15.5. The first-order valence-electron chi connectivity index (χ1n) is 7.07. The van der Waals surface area contributed by atoms with Crippen molar-refractivity contribution in [2.75, 3.05) is 13.1 Å². The maximum absolute atomic E-state index is 12.3. The van der Waals surface area contributed by atoms with Crippen molar-refractivity contribution in [1.29, 1.82) is 0 Å². The van der Waals surface area contributed by atoms with Crippen LogP contribution < -0.4 is 5.73 Å². The van der Waals surface area contributed by atoms with Gasteiger partial charge in [0.25, 0.3) is 0 Å². The fourth-order valence-corrected chi connectivity index (χ4v) is 2.99. The van der Waals surface area contributed by atoms with Crippen molar-refractivity contribution in [2.45, 2.75) is 40.2 Å². The molecule has 0 aliphatic heterocycles. The first kappa shape index (κ1) is 16.2. The number of carbonyl (C=O) groups is 1. The molecular formula is C15H26N2OS. The van der Waals surface area contributed by atoms with Crippen molar-refractivity contribution in [3.8, 4) is 0 Å². The van der Waals surface area contributed by atoms with Crippen LogP contribution in [0.1, 0.15) is 38.5 Å². The average Bonchev–Trinajstić information content (AvgIpc) is 2.87. The summed E-state index contributed by atoms with van der Waals surface area (Å²) in [6, 6.07) is 4.11. The summed E-state index contributed by atoms with van der Waals surface area (Å²) in [7, 11) is 0. The number of thiophene rings is 1. The summed E-state index contributed by atoms with van der Waals surface area (Å²) in [6.45, 7) is 8.47. The number of carbonyl (C=O) groups excluding carboxylic acids is 1. The lowest BCUT2D eigenvalue weighted by atomic mass is 9.94. The quantitative estimate of drug-likeness (QED) is 0.796. The van der Waals surface area contributed by atoms with Crippen molar-refractivity contribution >= 4 is 17.2 Å². The lowest BCUT2D eigenvalue weighted by molar-refractivity contribution is -0.132. The Balaban J connectivity index is 2.52. The molecule has 0 radical (unpaired) electrons. The summed E-state index contributed by atoms with van der Waals surface area (Å²) in [5.74, 6) is 1.13. The molecule has 1 aromatic heterocycles. The first-order chi connectivity index (χ1) is 9.06. The molecule has 1 aromatic rings. The Hall–Kier alpha value is -0.870. The van der Waals surface area contributed by atoms with E-state index in [1.807, 2.05) is 17.9 Å². The third kappa shape index (κ3) is 5.74. The van der Waals surface area contributed by atoms with Crippen molar-refractivity contribution < 1.29 is 4.79 Å². The van der Waals surface area contributed by atoms with E-state index >= 15 is 0 Å². The summed E-state index contributed by atoms with van der Waals surface area (Å²) in [5.41, 5.74) is 5.78. The van der Waals surface area contributed by atoms with Crippen LogP contribution >= 0.6 is 11.3 Å². The van der Waals surface area contributed by atoms with Crippen molar-refractivity contribution in [3.05, 3.63) is 22.4 Å². The van der Waals surface area contributed by atoms with Gasteiger partial charge in [0.05, 0.1) is 6.54 Å². The molecule has 19 heavy (non-hydrogen) atoms. The monoisotopic (exact) mass is 282 g/mol. The number of nitrogens with zero attached hydrogens (tertiary/aromatic N) is 1. The highest BCUT2D eigenvalue weighted by atomic mass is 32.1. The molecule has 1 amide bonds. The van der Waals surface area contributed by atoms with Crippen LogP contribution in [0.15, 0.2) is 17.5 Å². The van der Waals surface area contributed by atoms with Gasteiger partial charge >= 0.3 is 0 Å². The number of amides is 1. The predicted octanol–water partition coefficient (Wildman–Crippen LogP) is 3.11. The molecule has 0 saturated carbocycles. The lowest BCUT2D eigenvalue weighted by Gasteiger charge is -2.24. The molecule has 0 bridgehead atoms. The van der Waals surface area contributed by atoms with Gasteiger partial charge in [0.1, 0.15) is 0 Å². The number of rotatable bonds is 8. The van der Waals surface area contributed by atoms with Crippen molar-refractivity contribution in [3.63, 3.8) is 0 Å². The lowest BCUT2D eigenvalue weighted by Crippen LogP contribution is -2.33. The highest BCUT2D eigenvalue weighted by molar-refractivity contribution is 7.09. The molecule has 0 unspecified atom stereocenters. The van der Waals surface area contributed by atoms with Crippen LogP contribution in [0.5, 0.6) is 0 Å². The van der Waals surface area contributed by atoms with Gasteiger partial charge in [-0.05, 0) is 43.2 Å². The van der Waals surface area contributed by atoms with Gasteiger partial charge < -0.3 is 10.6 Å². The van der Waals surface area contributed by atoms with Crippen LogP contribution in [-0.4, -0.2) is 23.9 Å². The minimum absolute atomic E-state index is 0.229. The standard InChI is InChI=1S/C15H26N2OS/c1-4-17(11-14-6-5-7-19-14)15(18)9-13(10-16)8-12(2)3/h5-7,12-13H,4,8-11,16H2,1-3H3/t13-/m0/s1. The SMILES string of the molecule is CCN(Cc1cccs1)C(=O)C[C@@H](CN)CC(C)C. The van der Waals surface area contributed by atoms with Gasteiger partial charge in [-0.2, -0.15) is 0 Å². The summed E-state index contributed by atoms with van der Waals surface area (Å²) < 4.78 is 0. The molecule has 2 N–H and O–H groups in total.